The van der Waals surface area contributed by atoms with Gasteiger partial charge in [-0.2, -0.15) is 13.2 Å². The fraction of sp³-hybridized carbons (Fsp3) is 0.458. The number of carbonyl (C=O) groups is 3. The number of tetrazole rings is 1. The number of aromatic nitrogens is 4. The van der Waals surface area contributed by atoms with Gasteiger partial charge in [-0.15, -0.1) is 5.10 Å². The van der Waals surface area contributed by atoms with Crippen molar-refractivity contribution in [2.24, 2.45) is 10.9 Å². The molecule has 2 atom stereocenters. The summed E-state index contributed by atoms with van der Waals surface area (Å²) in [5.41, 5.74) is 1.08. The SMILES string of the molecule is CCOC(=O)C1=C(COCc2nnnn2CCNC(=O)C(F)(F)F)N=C(C)C(C(=O)OC)C1c1ccccc1Cl. The van der Waals surface area contributed by atoms with Crippen molar-refractivity contribution in [1.29, 1.82) is 0 Å². The van der Waals surface area contributed by atoms with Gasteiger partial charge in [0, 0.05) is 23.2 Å². The van der Waals surface area contributed by atoms with Crippen LogP contribution in [0.2, 0.25) is 5.02 Å². The van der Waals surface area contributed by atoms with Crippen molar-refractivity contribution < 1.29 is 41.8 Å². The van der Waals surface area contributed by atoms with Crippen LogP contribution < -0.4 is 5.32 Å². The summed E-state index contributed by atoms with van der Waals surface area (Å²) in [4.78, 5) is 41.5. The minimum absolute atomic E-state index is 0.0525. The summed E-state index contributed by atoms with van der Waals surface area (Å²) < 4.78 is 54.3. The van der Waals surface area contributed by atoms with Gasteiger partial charge in [-0.3, -0.25) is 14.6 Å². The summed E-state index contributed by atoms with van der Waals surface area (Å²) in [7, 11) is 1.23. The molecular weight excluding hydrogens is 561 g/mol. The molecule has 1 aliphatic heterocycles. The maximum Gasteiger partial charge on any atom is 0.471 e. The lowest BCUT2D eigenvalue weighted by molar-refractivity contribution is -0.173. The van der Waals surface area contributed by atoms with Crippen molar-refractivity contribution in [1.82, 2.24) is 25.5 Å². The van der Waals surface area contributed by atoms with Crippen LogP contribution in [0, 0.1) is 5.92 Å². The van der Waals surface area contributed by atoms with E-state index in [-0.39, 0.29) is 50.0 Å². The molecule has 2 unspecified atom stereocenters. The van der Waals surface area contributed by atoms with E-state index in [1.165, 1.54) is 7.11 Å². The number of ether oxygens (including phenoxy) is 3. The number of alkyl halides is 3. The number of hydrogen-bond donors (Lipinski definition) is 1. The van der Waals surface area contributed by atoms with E-state index in [4.69, 9.17) is 25.8 Å². The van der Waals surface area contributed by atoms with Crippen molar-refractivity contribution >= 4 is 35.2 Å². The molecule has 0 spiro atoms. The minimum atomic E-state index is -5.01. The summed E-state index contributed by atoms with van der Waals surface area (Å²) in [5.74, 6) is -5.14. The third-order valence-corrected chi connectivity index (χ3v) is 6.19. The van der Waals surface area contributed by atoms with Gasteiger partial charge in [0.15, 0.2) is 5.82 Å². The van der Waals surface area contributed by atoms with E-state index >= 15 is 0 Å². The number of methoxy groups -OCH3 is 1. The van der Waals surface area contributed by atoms with E-state index in [0.717, 1.165) is 4.68 Å². The zero-order chi connectivity index (χ0) is 29.4. The molecule has 12 nitrogen and oxygen atoms in total. The number of benzene rings is 1. The summed E-state index contributed by atoms with van der Waals surface area (Å²) in [6.07, 6.45) is -5.01. The number of carbonyl (C=O) groups excluding carboxylic acids is 3. The summed E-state index contributed by atoms with van der Waals surface area (Å²) in [6.45, 7) is 2.30. The molecule has 1 aromatic heterocycles. The van der Waals surface area contributed by atoms with Crippen LogP contribution in [0.4, 0.5) is 13.2 Å². The molecular formula is C24H26ClF3N6O6. The lowest BCUT2D eigenvalue weighted by Gasteiger charge is -2.32. The zero-order valence-electron chi connectivity index (χ0n) is 21.7. The third-order valence-electron chi connectivity index (χ3n) is 5.85. The Morgan fingerprint density at radius 1 is 1.18 bits per heavy atom. The zero-order valence-corrected chi connectivity index (χ0v) is 22.5. The molecule has 216 valence electrons. The van der Waals surface area contributed by atoms with Gasteiger partial charge in [-0.1, -0.05) is 29.8 Å². The molecule has 0 aliphatic carbocycles. The van der Waals surface area contributed by atoms with Gasteiger partial charge < -0.3 is 19.5 Å². The second-order valence-corrected chi connectivity index (χ2v) is 8.81. The largest absolute Gasteiger partial charge is 0.471 e. The quantitative estimate of drug-likeness (QED) is 0.392. The molecule has 40 heavy (non-hydrogen) atoms. The van der Waals surface area contributed by atoms with Gasteiger partial charge in [0.05, 0.1) is 38.1 Å². The maximum absolute atomic E-state index is 13.2. The summed E-state index contributed by atoms with van der Waals surface area (Å²) in [6, 6.07) is 6.74. The topological polar surface area (TPSA) is 147 Å². The molecule has 16 heteroatoms. The maximum atomic E-state index is 13.2. The van der Waals surface area contributed by atoms with Crippen LogP contribution >= 0.6 is 11.6 Å². The molecule has 1 amide bonds. The van der Waals surface area contributed by atoms with Gasteiger partial charge in [0.25, 0.3) is 0 Å². The van der Waals surface area contributed by atoms with Crippen molar-refractivity contribution in [2.45, 2.75) is 39.1 Å². The van der Waals surface area contributed by atoms with Crippen LogP contribution in [0.5, 0.6) is 0 Å². The highest BCUT2D eigenvalue weighted by Crippen LogP contribution is 2.42. The normalized spacial score (nSPS) is 17.3. The van der Waals surface area contributed by atoms with E-state index in [9.17, 15) is 27.6 Å². The molecule has 0 radical (unpaired) electrons. The molecule has 1 N–H and O–H groups in total. The van der Waals surface area contributed by atoms with Gasteiger partial charge >= 0.3 is 24.0 Å². The van der Waals surface area contributed by atoms with Crippen molar-refractivity contribution in [3.8, 4) is 0 Å². The van der Waals surface area contributed by atoms with E-state index in [1.54, 1.807) is 43.4 Å². The number of halogens is 4. The standard InChI is InChI=1S/C24H26ClF3N6O6/c1-4-40-22(36)20-16(11-39-12-17-31-32-33-34(17)10-9-29-23(37)24(26,27)28)30-13(2)18(21(35)38-3)19(20)14-7-5-6-8-15(14)25/h5-8,18-19H,4,9-12H2,1-3H3,(H,29,37). The first kappa shape index (κ1) is 30.7. The number of esters is 2. The Labute approximate surface area is 231 Å². The Bertz CT molecular complexity index is 1310. The Morgan fingerprint density at radius 3 is 2.55 bits per heavy atom. The number of rotatable bonds is 11. The molecule has 2 heterocycles. The van der Waals surface area contributed by atoms with Crippen molar-refractivity contribution in [3.63, 3.8) is 0 Å². The monoisotopic (exact) mass is 586 g/mol. The number of aliphatic imine (C=N–C) groups is 1. The predicted octanol–water partition coefficient (Wildman–Crippen LogP) is 2.39. The Kier molecular flexibility index (Phi) is 10.3. The minimum Gasteiger partial charge on any atom is -0.468 e. The van der Waals surface area contributed by atoms with Crippen molar-refractivity contribution in [2.75, 3.05) is 26.9 Å². The Morgan fingerprint density at radius 2 is 1.90 bits per heavy atom. The molecule has 0 saturated heterocycles. The molecule has 0 saturated carbocycles. The number of amides is 1. The number of nitrogens with zero attached hydrogens (tertiary/aromatic N) is 5. The molecule has 2 aromatic rings. The molecule has 1 aliphatic rings. The first-order valence-electron chi connectivity index (χ1n) is 11.9. The smallest absolute Gasteiger partial charge is 0.468 e. The van der Waals surface area contributed by atoms with Crippen LogP contribution in [-0.2, 0) is 41.7 Å². The second kappa shape index (κ2) is 13.5. The van der Waals surface area contributed by atoms with Crippen LogP contribution in [0.3, 0.4) is 0 Å². The third kappa shape index (κ3) is 7.21. The van der Waals surface area contributed by atoms with Crippen LogP contribution in [0.1, 0.15) is 31.2 Å². The predicted molar refractivity (Wildman–Crippen MR) is 133 cm³/mol. The van der Waals surface area contributed by atoms with Crippen molar-refractivity contribution in [3.05, 3.63) is 51.9 Å². The average Bonchev–Trinajstić information content (AvgIpc) is 3.34. The Balaban J connectivity index is 1.86. The second-order valence-electron chi connectivity index (χ2n) is 8.40. The first-order chi connectivity index (χ1) is 19.0. The van der Waals surface area contributed by atoms with Crippen LogP contribution in [0.25, 0.3) is 0 Å². The number of hydrogen-bond acceptors (Lipinski definition) is 10. The lowest BCUT2D eigenvalue weighted by atomic mass is 9.75. The molecule has 3 rings (SSSR count). The fourth-order valence-electron chi connectivity index (χ4n) is 4.10. The van der Waals surface area contributed by atoms with E-state index in [0.29, 0.717) is 16.3 Å². The summed E-state index contributed by atoms with van der Waals surface area (Å²) in [5, 5.41) is 13.0. The van der Waals surface area contributed by atoms with Gasteiger partial charge in [0.1, 0.15) is 12.5 Å². The van der Waals surface area contributed by atoms with E-state index in [1.807, 2.05) is 0 Å². The Hall–Kier alpha value is -3.85. The van der Waals surface area contributed by atoms with Gasteiger partial charge in [-0.25, -0.2) is 9.48 Å². The first-order valence-corrected chi connectivity index (χ1v) is 12.3. The van der Waals surface area contributed by atoms with E-state index < -0.39 is 35.9 Å². The van der Waals surface area contributed by atoms with Crippen LogP contribution in [-0.4, -0.2) is 76.8 Å². The highest BCUT2D eigenvalue weighted by atomic mass is 35.5. The highest BCUT2D eigenvalue weighted by molar-refractivity contribution is 6.31. The highest BCUT2D eigenvalue weighted by Gasteiger charge is 2.44. The molecule has 1 aromatic carbocycles. The van der Waals surface area contributed by atoms with E-state index in [2.05, 4.69) is 20.5 Å². The molecule has 0 bridgehead atoms. The van der Waals surface area contributed by atoms with Gasteiger partial charge in [-0.05, 0) is 35.9 Å². The summed E-state index contributed by atoms with van der Waals surface area (Å²) >= 11 is 6.48. The average molecular weight is 587 g/mol. The number of nitrogens with one attached hydrogen (secondary N) is 1. The lowest BCUT2D eigenvalue weighted by Crippen LogP contribution is -2.38. The van der Waals surface area contributed by atoms with Crippen LogP contribution in [0.15, 0.2) is 40.5 Å². The van der Waals surface area contributed by atoms with Gasteiger partial charge in [0.2, 0.25) is 0 Å². The molecule has 0 fully saturated rings. The fourth-order valence-corrected chi connectivity index (χ4v) is 4.36.